The molecule has 0 saturated carbocycles. The van der Waals surface area contributed by atoms with Gasteiger partial charge in [0.25, 0.3) is 0 Å². The SMILES string of the molecule is Fc1ccc(-c2cccc(Cl)c2Cl)cc1CCl. The van der Waals surface area contributed by atoms with Gasteiger partial charge in [0, 0.05) is 11.1 Å². The highest BCUT2D eigenvalue weighted by molar-refractivity contribution is 6.43. The fourth-order valence-electron chi connectivity index (χ4n) is 1.57. The molecule has 0 unspecified atom stereocenters. The summed E-state index contributed by atoms with van der Waals surface area (Å²) in [4.78, 5) is 0. The van der Waals surface area contributed by atoms with Crippen molar-refractivity contribution in [1.29, 1.82) is 0 Å². The number of hydrogen-bond acceptors (Lipinski definition) is 0. The minimum absolute atomic E-state index is 0.123. The van der Waals surface area contributed by atoms with Crippen LogP contribution in [0, 0.1) is 5.82 Å². The minimum atomic E-state index is -0.318. The van der Waals surface area contributed by atoms with Crippen LogP contribution in [0.5, 0.6) is 0 Å². The van der Waals surface area contributed by atoms with Crippen molar-refractivity contribution in [2.24, 2.45) is 0 Å². The largest absolute Gasteiger partial charge is 0.207 e. The first-order valence-electron chi connectivity index (χ1n) is 4.92. The number of rotatable bonds is 2. The van der Waals surface area contributed by atoms with E-state index in [0.29, 0.717) is 15.6 Å². The molecule has 0 aliphatic carbocycles. The lowest BCUT2D eigenvalue weighted by molar-refractivity contribution is 0.617. The van der Waals surface area contributed by atoms with Gasteiger partial charge >= 0.3 is 0 Å². The third-order valence-electron chi connectivity index (χ3n) is 2.45. The highest BCUT2D eigenvalue weighted by Crippen LogP contribution is 2.34. The molecule has 0 heterocycles. The van der Waals surface area contributed by atoms with Gasteiger partial charge in [0.2, 0.25) is 0 Å². The molecule has 0 nitrogen and oxygen atoms in total. The zero-order chi connectivity index (χ0) is 12.4. The van der Waals surface area contributed by atoms with Crippen molar-refractivity contribution in [3.8, 4) is 11.1 Å². The maximum atomic E-state index is 13.3. The molecule has 88 valence electrons. The normalized spacial score (nSPS) is 10.6. The molecule has 0 radical (unpaired) electrons. The summed E-state index contributed by atoms with van der Waals surface area (Å²) in [5.41, 5.74) is 2.01. The van der Waals surface area contributed by atoms with Gasteiger partial charge in [-0.25, -0.2) is 4.39 Å². The van der Waals surface area contributed by atoms with Gasteiger partial charge in [-0.3, -0.25) is 0 Å². The van der Waals surface area contributed by atoms with Crippen molar-refractivity contribution in [2.75, 3.05) is 0 Å². The van der Waals surface area contributed by atoms with Gasteiger partial charge < -0.3 is 0 Å². The van der Waals surface area contributed by atoms with Gasteiger partial charge in [0.15, 0.2) is 0 Å². The van der Waals surface area contributed by atoms with E-state index in [0.717, 1.165) is 11.1 Å². The smallest absolute Gasteiger partial charge is 0.127 e. The molecule has 0 aliphatic rings. The number of hydrogen-bond donors (Lipinski definition) is 0. The van der Waals surface area contributed by atoms with Crippen LogP contribution in [0.15, 0.2) is 36.4 Å². The van der Waals surface area contributed by atoms with Crippen molar-refractivity contribution in [3.63, 3.8) is 0 Å². The molecule has 2 aromatic rings. The zero-order valence-electron chi connectivity index (χ0n) is 8.68. The lowest BCUT2D eigenvalue weighted by Gasteiger charge is -2.08. The number of halogens is 4. The number of benzene rings is 2. The maximum Gasteiger partial charge on any atom is 0.127 e. The fourth-order valence-corrected chi connectivity index (χ4v) is 2.19. The van der Waals surface area contributed by atoms with Crippen LogP contribution in [-0.4, -0.2) is 0 Å². The third kappa shape index (κ3) is 2.57. The summed E-state index contributed by atoms with van der Waals surface area (Å²) in [6.45, 7) is 0. The van der Waals surface area contributed by atoms with Crippen LogP contribution >= 0.6 is 34.8 Å². The molecule has 0 N–H and O–H groups in total. The van der Waals surface area contributed by atoms with E-state index in [-0.39, 0.29) is 11.7 Å². The summed E-state index contributed by atoms with van der Waals surface area (Å²) in [6, 6.07) is 10.1. The summed E-state index contributed by atoms with van der Waals surface area (Å²) in [6.07, 6.45) is 0. The molecule has 0 fully saturated rings. The van der Waals surface area contributed by atoms with Crippen LogP contribution in [0.2, 0.25) is 10.0 Å². The summed E-state index contributed by atoms with van der Waals surface area (Å²) in [5.74, 6) is -0.195. The Morgan fingerprint density at radius 1 is 1.06 bits per heavy atom. The number of alkyl halides is 1. The monoisotopic (exact) mass is 288 g/mol. The molecule has 0 amide bonds. The molecule has 2 rings (SSSR count). The van der Waals surface area contributed by atoms with E-state index in [2.05, 4.69) is 0 Å². The van der Waals surface area contributed by atoms with Crippen molar-refractivity contribution >= 4 is 34.8 Å². The Balaban J connectivity index is 2.57. The van der Waals surface area contributed by atoms with Gasteiger partial charge in [-0.05, 0) is 23.8 Å². The van der Waals surface area contributed by atoms with E-state index in [1.54, 1.807) is 24.3 Å². The van der Waals surface area contributed by atoms with Crippen molar-refractivity contribution in [1.82, 2.24) is 0 Å². The van der Waals surface area contributed by atoms with Crippen molar-refractivity contribution in [2.45, 2.75) is 5.88 Å². The van der Waals surface area contributed by atoms with Crippen LogP contribution in [-0.2, 0) is 5.88 Å². The highest BCUT2D eigenvalue weighted by atomic mass is 35.5. The molecule has 0 aliphatic heterocycles. The van der Waals surface area contributed by atoms with Gasteiger partial charge in [-0.1, -0.05) is 41.4 Å². The first kappa shape index (κ1) is 12.7. The van der Waals surface area contributed by atoms with E-state index in [1.165, 1.54) is 6.07 Å². The van der Waals surface area contributed by atoms with E-state index in [4.69, 9.17) is 34.8 Å². The van der Waals surface area contributed by atoms with Crippen LogP contribution < -0.4 is 0 Å². The van der Waals surface area contributed by atoms with E-state index >= 15 is 0 Å². The van der Waals surface area contributed by atoms with Crippen LogP contribution in [0.4, 0.5) is 4.39 Å². The molecule has 2 aromatic carbocycles. The van der Waals surface area contributed by atoms with Gasteiger partial charge in [0.05, 0.1) is 15.9 Å². The Kier molecular flexibility index (Phi) is 3.93. The Morgan fingerprint density at radius 3 is 2.53 bits per heavy atom. The van der Waals surface area contributed by atoms with Crippen LogP contribution in [0.1, 0.15) is 5.56 Å². The van der Waals surface area contributed by atoms with Crippen LogP contribution in [0.25, 0.3) is 11.1 Å². The summed E-state index contributed by atoms with van der Waals surface area (Å²) in [7, 11) is 0. The molecule has 0 aromatic heterocycles. The molecule has 0 spiro atoms. The second kappa shape index (κ2) is 5.26. The predicted octanol–water partition coefficient (Wildman–Crippen LogP) is 5.54. The topological polar surface area (TPSA) is 0 Å². The van der Waals surface area contributed by atoms with E-state index < -0.39 is 0 Å². The second-order valence-electron chi connectivity index (χ2n) is 3.54. The second-order valence-corrected chi connectivity index (χ2v) is 4.59. The highest BCUT2D eigenvalue weighted by Gasteiger charge is 2.09. The van der Waals surface area contributed by atoms with E-state index in [9.17, 15) is 4.39 Å². The molecule has 0 saturated heterocycles. The van der Waals surface area contributed by atoms with Gasteiger partial charge in [-0.2, -0.15) is 0 Å². The first-order valence-corrected chi connectivity index (χ1v) is 6.21. The van der Waals surface area contributed by atoms with Crippen molar-refractivity contribution in [3.05, 3.63) is 57.8 Å². The summed E-state index contributed by atoms with van der Waals surface area (Å²) >= 11 is 17.7. The zero-order valence-corrected chi connectivity index (χ0v) is 11.0. The minimum Gasteiger partial charge on any atom is -0.207 e. The Bertz CT molecular complexity index is 552. The average Bonchev–Trinajstić information content (AvgIpc) is 2.34. The molecule has 4 heteroatoms. The molecular weight excluding hydrogens is 281 g/mol. The quantitative estimate of drug-likeness (QED) is 0.637. The Labute approximate surface area is 114 Å². The Hall–Kier alpha value is -0.760. The fraction of sp³-hybridized carbons (Fsp3) is 0.0769. The molecule has 0 bridgehead atoms. The Morgan fingerprint density at radius 2 is 1.82 bits per heavy atom. The van der Waals surface area contributed by atoms with E-state index in [1.807, 2.05) is 6.07 Å². The first-order chi connectivity index (χ1) is 8.13. The molecule has 0 atom stereocenters. The summed E-state index contributed by atoms with van der Waals surface area (Å²) in [5, 5.41) is 0.933. The lowest BCUT2D eigenvalue weighted by Crippen LogP contribution is -1.88. The van der Waals surface area contributed by atoms with Gasteiger partial charge in [0.1, 0.15) is 5.82 Å². The maximum absolute atomic E-state index is 13.3. The average molecular weight is 290 g/mol. The summed E-state index contributed by atoms with van der Waals surface area (Å²) < 4.78 is 13.3. The predicted molar refractivity (Wildman–Crippen MR) is 71.4 cm³/mol. The van der Waals surface area contributed by atoms with Crippen molar-refractivity contribution < 1.29 is 4.39 Å². The standard InChI is InChI=1S/C13H8Cl3F/c14-7-9-6-8(4-5-12(9)17)10-2-1-3-11(15)13(10)16/h1-6H,7H2. The third-order valence-corrected chi connectivity index (χ3v) is 3.56. The van der Waals surface area contributed by atoms with Gasteiger partial charge in [-0.15, -0.1) is 11.6 Å². The molecular formula is C13H8Cl3F. The lowest BCUT2D eigenvalue weighted by atomic mass is 10.0. The molecule has 17 heavy (non-hydrogen) atoms. The van der Waals surface area contributed by atoms with Crippen LogP contribution in [0.3, 0.4) is 0 Å².